The van der Waals surface area contributed by atoms with Gasteiger partial charge in [-0.1, -0.05) is 28.9 Å². The van der Waals surface area contributed by atoms with Crippen molar-refractivity contribution < 1.29 is 12.9 Å². The second kappa shape index (κ2) is 7.00. The van der Waals surface area contributed by atoms with Crippen LogP contribution in [-0.2, 0) is 16.6 Å². The summed E-state index contributed by atoms with van der Waals surface area (Å²) in [7, 11) is -3.14. The van der Waals surface area contributed by atoms with E-state index in [4.69, 9.17) is 4.52 Å². The molecule has 1 aromatic carbocycles. The maximum absolute atomic E-state index is 11.8. The third-order valence-electron chi connectivity index (χ3n) is 3.90. The first-order valence-corrected chi connectivity index (χ1v) is 9.60. The normalized spacial score (nSPS) is 16.2. The van der Waals surface area contributed by atoms with Gasteiger partial charge in [-0.25, -0.2) is 13.1 Å². The summed E-state index contributed by atoms with van der Waals surface area (Å²) in [5, 5.41) is 6.97. The fraction of sp³-hybridized carbons (Fsp3) is 0.500. The molecule has 0 aliphatic heterocycles. The van der Waals surface area contributed by atoms with Gasteiger partial charge < -0.3 is 9.84 Å². The maximum atomic E-state index is 11.8. The van der Waals surface area contributed by atoms with Crippen molar-refractivity contribution in [3.05, 3.63) is 35.7 Å². The molecule has 0 unspecified atom stereocenters. The molecule has 0 bridgehead atoms. The molecule has 0 radical (unpaired) electrons. The average Bonchev–Trinajstić information content (AvgIpc) is 3.31. The molecule has 2 N–H and O–H groups in total. The van der Waals surface area contributed by atoms with E-state index in [0.717, 1.165) is 24.0 Å². The Morgan fingerprint density at radius 1 is 1.38 bits per heavy atom. The monoisotopic (exact) mass is 350 g/mol. The van der Waals surface area contributed by atoms with Gasteiger partial charge in [-0.3, -0.25) is 0 Å². The molecule has 1 aromatic heterocycles. The number of hydrogen-bond acceptors (Lipinski definition) is 6. The number of aromatic nitrogens is 2. The Balaban J connectivity index is 1.50. The van der Waals surface area contributed by atoms with Crippen LogP contribution in [0.25, 0.3) is 11.4 Å². The summed E-state index contributed by atoms with van der Waals surface area (Å²) in [5.41, 5.74) is 2.05. The molecule has 24 heavy (non-hydrogen) atoms. The average molecular weight is 350 g/mol. The fourth-order valence-electron chi connectivity index (χ4n) is 2.30. The molecule has 3 rings (SSSR count). The third kappa shape index (κ3) is 4.40. The zero-order valence-electron chi connectivity index (χ0n) is 13.8. The highest BCUT2D eigenvalue weighted by Gasteiger charge is 2.35. The number of hydrogen-bond donors (Lipinski definition) is 2. The second-order valence-electron chi connectivity index (χ2n) is 6.26. The SMILES string of the molecule is Cc1cccc(-c2noc(CN[C@H](C)CNS(=O)(=O)C3CC3)n2)c1. The van der Waals surface area contributed by atoms with Crippen LogP contribution < -0.4 is 10.0 Å². The Kier molecular flexibility index (Phi) is 4.98. The number of benzene rings is 1. The minimum absolute atomic E-state index is 0.0344. The smallest absolute Gasteiger partial charge is 0.240 e. The molecule has 0 amide bonds. The molecule has 2 aromatic rings. The van der Waals surface area contributed by atoms with Crippen LogP contribution in [0.2, 0.25) is 0 Å². The predicted octanol–water partition coefficient (Wildman–Crippen LogP) is 1.60. The van der Waals surface area contributed by atoms with Gasteiger partial charge in [0.2, 0.25) is 21.7 Å². The van der Waals surface area contributed by atoms with Gasteiger partial charge in [0, 0.05) is 18.2 Å². The molecule has 1 aliphatic rings. The van der Waals surface area contributed by atoms with Gasteiger partial charge in [0.25, 0.3) is 0 Å². The Morgan fingerprint density at radius 2 is 2.17 bits per heavy atom. The number of nitrogens with zero attached hydrogens (tertiary/aromatic N) is 2. The van der Waals surface area contributed by atoms with Gasteiger partial charge >= 0.3 is 0 Å². The minimum atomic E-state index is -3.14. The molecule has 130 valence electrons. The van der Waals surface area contributed by atoms with Crippen molar-refractivity contribution in [2.24, 2.45) is 0 Å². The molecule has 1 atom stereocenters. The molecule has 8 heteroatoms. The number of rotatable bonds is 8. The Bertz CT molecular complexity index is 799. The number of nitrogens with one attached hydrogen (secondary N) is 2. The lowest BCUT2D eigenvalue weighted by Crippen LogP contribution is -2.39. The van der Waals surface area contributed by atoms with Gasteiger partial charge in [-0.15, -0.1) is 0 Å². The second-order valence-corrected chi connectivity index (χ2v) is 8.30. The van der Waals surface area contributed by atoms with Crippen molar-refractivity contribution in [2.75, 3.05) is 6.54 Å². The number of sulfonamides is 1. The van der Waals surface area contributed by atoms with Crippen LogP contribution in [0.5, 0.6) is 0 Å². The fourth-order valence-corrected chi connectivity index (χ4v) is 3.77. The lowest BCUT2D eigenvalue weighted by Gasteiger charge is -2.13. The molecule has 1 aliphatic carbocycles. The highest BCUT2D eigenvalue weighted by molar-refractivity contribution is 7.90. The first kappa shape index (κ1) is 17.1. The largest absolute Gasteiger partial charge is 0.338 e. The molecular weight excluding hydrogens is 328 g/mol. The molecule has 7 nitrogen and oxygen atoms in total. The molecular formula is C16H22N4O3S. The van der Waals surface area contributed by atoms with Gasteiger partial charge in [0.15, 0.2) is 0 Å². The van der Waals surface area contributed by atoms with Crippen molar-refractivity contribution in [3.8, 4) is 11.4 Å². The highest BCUT2D eigenvalue weighted by atomic mass is 32.2. The summed E-state index contributed by atoms with van der Waals surface area (Å²) in [4.78, 5) is 4.36. The van der Waals surface area contributed by atoms with Crippen molar-refractivity contribution in [1.82, 2.24) is 20.2 Å². The van der Waals surface area contributed by atoms with Crippen LogP contribution >= 0.6 is 0 Å². The van der Waals surface area contributed by atoms with Crippen LogP contribution in [0.1, 0.15) is 31.2 Å². The van der Waals surface area contributed by atoms with Crippen LogP contribution in [0.15, 0.2) is 28.8 Å². The molecule has 0 saturated heterocycles. The van der Waals surface area contributed by atoms with E-state index in [-0.39, 0.29) is 11.3 Å². The summed E-state index contributed by atoms with van der Waals surface area (Å²) in [5.74, 6) is 1.03. The summed E-state index contributed by atoms with van der Waals surface area (Å²) >= 11 is 0. The standard InChI is InChI=1S/C16H22N4O3S/c1-11-4-3-5-13(8-11)16-19-15(23-20-16)10-17-12(2)9-18-24(21,22)14-6-7-14/h3-5,8,12,14,17-18H,6-7,9-10H2,1-2H3/t12-/m1/s1. The summed E-state index contributed by atoms with van der Waals surface area (Å²) in [6, 6.07) is 7.86. The van der Waals surface area contributed by atoms with Crippen molar-refractivity contribution in [3.63, 3.8) is 0 Å². The first-order chi connectivity index (χ1) is 11.4. The quantitative estimate of drug-likeness (QED) is 0.751. The van der Waals surface area contributed by atoms with Gasteiger partial charge in [0.05, 0.1) is 11.8 Å². The van der Waals surface area contributed by atoms with Crippen LogP contribution in [0.4, 0.5) is 0 Å². The van der Waals surface area contributed by atoms with Crippen LogP contribution in [0.3, 0.4) is 0 Å². The van der Waals surface area contributed by atoms with E-state index >= 15 is 0 Å². The lowest BCUT2D eigenvalue weighted by molar-refractivity contribution is 0.359. The van der Waals surface area contributed by atoms with Crippen LogP contribution in [-0.4, -0.2) is 36.4 Å². The van der Waals surface area contributed by atoms with E-state index in [1.807, 2.05) is 38.1 Å². The van der Waals surface area contributed by atoms with E-state index in [1.165, 1.54) is 0 Å². The van der Waals surface area contributed by atoms with E-state index in [0.29, 0.717) is 24.8 Å². The lowest BCUT2D eigenvalue weighted by atomic mass is 10.1. The van der Waals surface area contributed by atoms with E-state index in [2.05, 4.69) is 20.2 Å². The van der Waals surface area contributed by atoms with Crippen LogP contribution in [0, 0.1) is 6.92 Å². The number of aryl methyl sites for hydroxylation is 1. The summed E-state index contributed by atoms with van der Waals surface area (Å²) < 4.78 is 31.4. The molecule has 0 spiro atoms. The molecule has 1 saturated carbocycles. The Labute approximate surface area is 141 Å². The van der Waals surface area contributed by atoms with Gasteiger partial charge in [-0.05, 0) is 32.8 Å². The first-order valence-electron chi connectivity index (χ1n) is 8.05. The van der Waals surface area contributed by atoms with Crippen molar-refractivity contribution in [2.45, 2.75) is 44.5 Å². The topological polar surface area (TPSA) is 97.1 Å². The van der Waals surface area contributed by atoms with E-state index < -0.39 is 10.0 Å². The molecule has 1 heterocycles. The van der Waals surface area contributed by atoms with Gasteiger partial charge in [-0.2, -0.15) is 4.98 Å². The summed E-state index contributed by atoms with van der Waals surface area (Å²) in [6.07, 6.45) is 1.53. The Hall–Kier alpha value is -1.77. The highest BCUT2D eigenvalue weighted by Crippen LogP contribution is 2.27. The van der Waals surface area contributed by atoms with E-state index in [9.17, 15) is 8.42 Å². The van der Waals surface area contributed by atoms with Crippen molar-refractivity contribution in [1.29, 1.82) is 0 Å². The predicted molar refractivity (Wildman–Crippen MR) is 90.7 cm³/mol. The van der Waals surface area contributed by atoms with Crippen molar-refractivity contribution >= 4 is 10.0 Å². The zero-order chi connectivity index (χ0) is 17.2. The Morgan fingerprint density at radius 3 is 2.88 bits per heavy atom. The minimum Gasteiger partial charge on any atom is -0.338 e. The van der Waals surface area contributed by atoms with Gasteiger partial charge in [0.1, 0.15) is 0 Å². The summed E-state index contributed by atoms with van der Waals surface area (Å²) in [6.45, 7) is 4.66. The maximum Gasteiger partial charge on any atom is 0.240 e. The molecule has 1 fully saturated rings. The van der Waals surface area contributed by atoms with E-state index in [1.54, 1.807) is 0 Å². The zero-order valence-corrected chi connectivity index (χ0v) is 14.6. The third-order valence-corrected chi connectivity index (χ3v) is 5.82.